The molecule has 0 aromatic carbocycles. The van der Waals surface area contributed by atoms with Crippen molar-refractivity contribution in [2.75, 3.05) is 33.0 Å². The molecule has 5 saturated heterocycles. The van der Waals surface area contributed by atoms with Gasteiger partial charge in [0, 0.05) is 30.6 Å². The Hall–Kier alpha value is -2.86. The Kier molecular flexibility index (Phi) is 27.6. The van der Waals surface area contributed by atoms with Gasteiger partial charge in [-0.1, -0.05) is 0 Å². The van der Waals surface area contributed by atoms with Gasteiger partial charge in [0.25, 0.3) is 0 Å². The van der Waals surface area contributed by atoms with Gasteiger partial charge in [-0.15, -0.1) is 12.3 Å². The second kappa shape index (κ2) is 30.3. The highest BCUT2D eigenvalue weighted by Gasteiger charge is 2.52. The van der Waals surface area contributed by atoms with Crippen molar-refractivity contribution in [1.29, 1.82) is 0 Å². The van der Waals surface area contributed by atoms with E-state index in [1.54, 1.807) is 4.72 Å². The molecule has 74 heavy (non-hydrogen) atoms. The van der Waals surface area contributed by atoms with Crippen LogP contribution in [0.2, 0.25) is 0 Å². The van der Waals surface area contributed by atoms with Crippen molar-refractivity contribution < 1.29 is 166 Å². The molecule has 5 aliphatic rings. The molecule has 0 bridgehead atoms. The number of carboxylic acid groups (broad SMARTS) is 3. The van der Waals surface area contributed by atoms with Gasteiger partial charge >= 0.3 is 10.3 Å². The van der Waals surface area contributed by atoms with Gasteiger partial charge in [0.1, 0.15) is 61.0 Å². The van der Waals surface area contributed by atoms with Crippen LogP contribution < -0.4 is 25.4 Å². The Balaban J connectivity index is 0.000000362. The van der Waals surface area contributed by atoms with Crippen LogP contribution >= 0.6 is 12.3 Å². The first-order valence-electron chi connectivity index (χ1n) is 21.4. The maximum Gasteiger partial charge on any atom is 0.333 e. The van der Waals surface area contributed by atoms with Crippen LogP contribution in [0, 0.1) is 23.7 Å². The Labute approximate surface area is 421 Å². The van der Waals surface area contributed by atoms with Gasteiger partial charge in [0.2, 0.25) is 5.91 Å². The molecule has 38 heteroatoms. The molecule has 1 amide bonds. The topological polar surface area (TPSA) is 627 Å². The number of carbonyl (C=O) groups is 4. The third-order valence-corrected chi connectivity index (χ3v) is 12.7. The standard InChI is InChI=1S/C13H23NO14S2.C9H17NO6.2C7H12O7/c1-3-8(7(17)5(12(20)25-3)14-30(22,23)24)26-13-9(28-29-21)4(2-15)6(16)10(27-13)11(18)19;1-4(13)10-7-5(2-11)8(14)6(3-12)16-9(7)15;2*8-1-2-3(9)5(6(11)12)14-7(13)4(2)10/h3-10,12-17,20-21H,2H2,1H3,(H,18,19)(H,22,23,24);5-9,11-12,14-15H,2-3H2,1H3,(H,10,13);2*2-5,7-10,13H,1H2,(H,11,12)/p-4. The molecular formula is C36H60N2O34S2-4. The first-order valence-corrected chi connectivity index (χ1v) is 23.6. The number of hydrogen-bond acceptors (Lipinski definition) is 34. The summed E-state index contributed by atoms with van der Waals surface area (Å²) in [5, 5.41) is 184. The number of nitrogens with one attached hydrogen (secondary N) is 2. The quantitative estimate of drug-likeness (QED) is 0.0535. The summed E-state index contributed by atoms with van der Waals surface area (Å²) in [6.45, 7) is -0.504. The first-order chi connectivity index (χ1) is 34.4. The minimum atomic E-state index is -4.88. The summed E-state index contributed by atoms with van der Waals surface area (Å²) in [6, 6.07) is -2.69. The third-order valence-electron chi connectivity index (χ3n) is 11.8. The number of carbonyl (C=O) groups excluding carboxylic acids is 4. The molecule has 5 aliphatic heterocycles. The lowest BCUT2D eigenvalue weighted by Gasteiger charge is -2.47. The SMILES string of the molecule is CC(=O)NC1C(O)OC(CO)C(O)C1CO.CC1OC(O)C(NS(=O)(=O)O)C(O)C1OC1OC(C(=O)[O-])C(O)C(CO)C1OS[O-].O=C([O-])C1OC(O)C(O)C(CO)C1O.O=C([O-])C1OC(O)C(O)C(CO)C1O. The molecule has 19 N–H and O–H groups in total. The summed E-state index contributed by atoms with van der Waals surface area (Å²) < 4.78 is 77.5. The van der Waals surface area contributed by atoms with E-state index < -0.39 is 232 Å². The highest BCUT2D eigenvalue weighted by atomic mass is 32.2. The largest absolute Gasteiger partial charge is 0.776 e. The summed E-state index contributed by atoms with van der Waals surface area (Å²) in [7, 11) is -4.88. The van der Waals surface area contributed by atoms with Crippen LogP contribution in [0.4, 0.5) is 0 Å². The Morgan fingerprint density at radius 1 is 0.541 bits per heavy atom. The van der Waals surface area contributed by atoms with Crippen molar-refractivity contribution in [1.82, 2.24) is 10.0 Å². The minimum Gasteiger partial charge on any atom is -0.776 e. The van der Waals surface area contributed by atoms with Gasteiger partial charge in [0.15, 0.2) is 31.5 Å². The minimum absolute atomic E-state index is 0.402. The van der Waals surface area contributed by atoms with Crippen molar-refractivity contribution in [3.8, 4) is 0 Å². The van der Waals surface area contributed by atoms with E-state index >= 15 is 0 Å². The van der Waals surface area contributed by atoms with E-state index in [1.165, 1.54) is 13.8 Å². The molecule has 36 nitrogen and oxygen atoms in total. The number of ether oxygens (including phenoxy) is 6. The van der Waals surface area contributed by atoms with Crippen LogP contribution in [0.1, 0.15) is 13.8 Å². The Bertz CT molecular complexity index is 1820. The molecular weight excluding hydrogens is 1070 g/mol. The zero-order valence-electron chi connectivity index (χ0n) is 38.3. The van der Waals surface area contributed by atoms with Gasteiger partial charge in [-0.2, -0.15) is 13.1 Å². The molecule has 25 atom stereocenters. The van der Waals surface area contributed by atoms with Crippen LogP contribution in [0.3, 0.4) is 0 Å². The number of hydrogen-bond donors (Lipinski definition) is 19. The zero-order valence-corrected chi connectivity index (χ0v) is 40.0. The van der Waals surface area contributed by atoms with E-state index in [1.807, 2.05) is 0 Å². The average Bonchev–Trinajstić information content (AvgIpc) is 3.31. The molecule has 0 spiro atoms. The summed E-state index contributed by atoms with van der Waals surface area (Å²) >= 11 is -0.439. The highest BCUT2D eigenvalue weighted by Crippen LogP contribution is 2.34. The molecule has 5 heterocycles. The van der Waals surface area contributed by atoms with E-state index in [9.17, 15) is 98.5 Å². The van der Waals surface area contributed by atoms with Crippen molar-refractivity contribution in [3.63, 3.8) is 0 Å². The van der Waals surface area contributed by atoms with E-state index in [2.05, 4.69) is 14.8 Å². The highest BCUT2D eigenvalue weighted by molar-refractivity contribution is 7.88. The van der Waals surface area contributed by atoms with Crippen molar-refractivity contribution in [3.05, 3.63) is 0 Å². The number of rotatable bonds is 15. The Morgan fingerprint density at radius 3 is 1.34 bits per heavy atom. The smallest absolute Gasteiger partial charge is 0.333 e. The fourth-order valence-electron chi connectivity index (χ4n) is 7.83. The molecule has 0 aromatic heterocycles. The van der Waals surface area contributed by atoms with Crippen LogP contribution in [0.15, 0.2) is 0 Å². The lowest BCUT2D eigenvalue weighted by atomic mass is 9.88. The Morgan fingerprint density at radius 2 is 0.959 bits per heavy atom. The van der Waals surface area contributed by atoms with Gasteiger partial charge in [0.05, 0.1) is 87.5 Å². The van der Waals surface area contributed by atoms with E-state index in [0.717, 1.165) is 0 Å². The van der Waals surface area contributed by atoms with Gasteiger partial charge < -0.3 is 154 Å². The number of aliphatic hydroxyl groups excluding tert-OH is 16. The van der Waals surface area contributed by atoms with Crippen LogP contribution in [-0.4, -0.2) is 285 Å². The van der Waals surface area contributed by atoms with Gasteiger partial charge in [-0.05, 0) is 6.92 Å². The molecule has 5 rings (SSSR count). The monoisotopic (exact) mass is 1130 g/mol. The van der Waals surface area contributed by atoms with Crippen molar-refractivity contribution >= 4 is 46.4 Å². The molecule has 434 valence electrons. The molecule has 0 aromatic rings. The predicted molar refractivity (Wildman–Crippen MR) is 219 cm³/mol. The summed E-state index contributed by atoms with van der Waals surface area (Å²) in [5.74, 6) is -10.2. The lowest BCUT2D eigenvalue weighted by molar-refractivity contribution is -0.358. The average molecular weight is 1130 g/mol. The molecule has 25 unspecified atom stereocenters. The van der Waals surface area contributed by atoms with Crippen LogP contribution in [0.25, 0.3) is 0 Å². The summed E-state index contributed by atoms with van der Waals surface area (Å²) in [4.78, 5) is 43.0. The van der Waals surface area contributed by atoms with Gasteiger partial charge in [-0.25, -0.2) is 0 Å². The number of aliphatic carboxylic acids is 3. The maximum absolute atomic E-state index is 11.3. The van der Waals surface area contributed by atoms with Crippen molar-refractivity contribution in [2.45, 2.75) is 143 Å². The maximum atomic E-state index is 11.3. The molecule has 0 aliphatic carbocycles. The second-order valence-corrected chi connectivity index (χ2v) is 18.2. The number of carboxylic acids is 3. The summed E-state index contributed by atoms with van der Waals surface area (Å²) in [5.41, 5.74) is 0. The van der Waals surface area contributed by atoms with E-state index in [-0.39, 0.29) is 0 Å². The normalized spacial score (nSPS) is 42.4. The van der Waals surface area contributed by atoms with Crippen LogP contribution in [-0.2, 0) is 62.1 Å². The van der Waals surface area contributed by atoms with E-state index in [4.69, 9.17) is 58.3 Å². The van der Waals surface area contributed by atoms with Crippen LogP contribution in [0.5, 0.6) is 0 Å². The zero-order chi connectivity index (χ0) is 56.8. The fourth-order valence-corrected chi connectivity index (χ4v) is 8.75. The van der Waals surface area contributed by atoms with Gasteiger partial charge in [-0.3, -0.25) is 9.35 Å². The fraction of sp³-hybridized carbons (Fsp3) is 0.889. The number of amides is 1. The predicted octanol–water partition coefficient (Wildman–Crippen LogP) is -16.4. The lowest BCUT2D eigenvalue weighted by Crippen LogP contribution is -2.66. The number of aliphatic hydroxyl groups is 16. The molecule has 5 fully saturated rings. The first kappa shape index (κ1) is 67.3. The third kappa shape index (κ3) is 17.6. The van der Waals surface area contributed by atoms with Crippen molar-refractivity contribution in [2.24, 2.45) is 23.7 Å². The molecule has 0 radical (unpaired) electrons. The van der Waals surface area contributed by atoms with E-state index in [0.29, 0.717) is 0 Å². The second-order valence-electron chi connectivity index (χ2n) is 16.7. The summed E-state index contributed by atoms with van der Waals surface area (Å²) in [6.07, 6.45) is -30.3. The molecule has 0 saturated carbocycles.